The van der Waals surface area contributed by atoms with E-state index in [4.69, 9.17) is 11.5 Å². The summed E-state index contributed by atoms with van der Waals surface area (Å²) in [4.78, 5) is 21.6. The van der Waals surface area contributed by atoms with Crippen LogP contribution in [-0.4, -0.2) is 64.8 Å². The Labute approximate surface area is 194 Å². The molecular weight excluding hydrogens is 450 g/mol. The second-order valence-corrected chi connectivity index (χ2v) is 8.79. The van der Waals surface area contributed by atoms with Crippen molar-refractivity contribution in [1.29, 1.82) is 0 Å². The molecule has 176 valence electrons. The van der Waals surface area contributed by atoms with Crippen molar-refractivity contribution in [1.82, 2.24) is 19.7 Å². The van der Waals surface area contributed by atoms with Gasteiger partial charge in [-0.2, -0.15) is 5.10 Å². The molecule has 5 N–H and O–H groups in total. The largest absolute Gasteiger partial charge is 0.389 e. The van der Waals surface area contributed by atoms with E-state index in [1.54, 1.807) is 10.9 Å². The van der Waals surface area contributed by atoms with Gasteiger partial charge in [-0.25, -0.2) is 13.8 Å². The highest BCUT2D eigenvalue weighted by molar-refractivity contribution is 7.19. The van der Waals surface area contributed by atoms with Crippen LogP contribution in [0.2, 0.25) is 0 Å². The molecule has 1 saturated heterocycles. The summed E-state index contributed by atoms with van der Waals surface area (Å²) in [6.45, 7) is 4.83. The quantitative estimate of drug-likeness (QED) is 0.499. The fourth-order valence-corrected chi connectivity index (χ4v) is 4.85. The molecule has 3 heterocycles. The second kappa shape index (κ2) is 9.81. The maximum atomic E-state index is 14.2. The van der Waals surface area contributed by atoms with Gasteiger partial charge in [-0.3, -0.25) is 9.48 Å². The Balaban J connectivity index is 1.55. The molecule has 0 bridgehead atoms. The monoisotopic (exact) mass is 476 g/mol. The number of nitrogen functional groups attached to an aromatic ring is 1. The van der Waals surface area contributed by atoms with Gasteiger partial charge >= 0.3 is 0 Å². The highest BCUT2D eigenvalue weighted by atomic mass is 32.1. The summed E-state index contributed by atoms with van der Waals surface area (Å²) in [5.74, 6) is -1.34. The van der Waals surface area contributed by atoms with Gasteiger partial charge < -0.3 is 26.6 Å². The lowest BCUT2D eigenvalue weighted by atomic mass is 10.2. The third-order valence-corrected chi connectivity index (χ3v) is 6.44. The van der Waals surface area contributed by atoms with Crippen LogP contribution in [0.1, 0.15) is 16.9 Å². The van der Waals surface area contributed by atoms with Crippen molar-refractivity contribution in [3.8, 4) is 10.6 Å². The highest BCUT2D eigenvalue weighted by Crippen LogP contribution is 2.34. The van der Waals surface area contributed by atoms with E-state index >= 15 is 0 Å². The number of aromatic nitrogens is 3. The maximum absolute atomic E-state index is 14.2. The van der Waals surface area contributed by atoms with Crippen LogP contribution in [0.25, 0.3) is 10.6 Å². The van der Waals surface area contributed by atoms with Gasteiger partial charge in [-0.05, 0) is 25.1 Å². The normalized spacial score (nSPS) is 15.0. The predicted octanol–water partition coefficient (Wildman–Crippen LogP) is 2.13. The zero-order valence-electron chi connectivity index (χ0n) is 18.2. The van der Waals surface area contributed by atoms with Crippen molar-refractivity contribution < 1.29 is 13.6 Å². The summed E-state index contributed by atoms with van der Waals surface area (Å²) >= 11 is 0.859. The molecule has 33 heavy (non-hydrogen) atoms. The minimum atomic E-state index is -0.768. The minimum absolute atomic E-state index is 0.00664. The molecule has 0 unspecified atom stereocenters. The standard InChI is InChI=1S/C21H26F2N8OS/c1-29-21(31-8-3-7-30(9-6-24)10-11-31)15(12-26-29)27-19(32)17-18(25)33-20(28-17)16-13(22)4-2-5-14(16)23/h2,4-5,12H,3,6-11,24-25H2,1H3,(H,27,32). The molecule has 1 aliphatic heterocycles. The molecule has 0 spiro atoms. The van der Waals surface area contributed by atoms with Crippen LogP contribution < -0.4 is 21.7 Å². The zero-order valence-corrected chi connectivity index (χ0v) is 19.0. The number of halogens is 2. The predicted molar refractivity (Wildman–Crippen MR) is 125 cm³/mol. The van der Waals surface area contributed by atoms with Gasteiger partial charge in [0, 0.05) is 39.8 Å². The van der Waals surface area contributed by atoms with Gasteiger partial charge in [-0.15, -0.1) is 0 Å². The molecule has 3 aromatic rings. The average molecular weight is 477 g/mol. The molecule has 2 aromatic heterocycles. The van der Waals surface area contributed by atoms with Gasteiger partial charge in [0.2, 0.25) is 0 Å². The third-order valence-electron chi connectivity index (χ3n) is 5.53. The molecule has 0 atom stereocenters. The Morgan fingerprint density at radius 1 is 1.21 bits per heavy atom. The fourth-order valence-electron chi connectivity index (χ4n) is 3.97. The molecule has 1 fully saturated rings. The first-order valence-electron chi connectivity index (χ1n) is 10.6. The summed E-state index contributed by atoms with van der Waals surface area (Å²) in [7, 11) is 1.81. The Bertz CT molecular complexity index is 1130. The molecule has 4 rings (SSSR count). The van der Waals surface area contributed by atoms with Crippen molar-refractivity contribution in [2.75, 3.05) is 55.2 Å². The van der Waals surface area contributed by atoms with Crippen LogP contribution in [0.3, 0.4) is 0 Å². The summed E-state index contributed by atoms with van der Waals surface area (Å²) in [6.07, 6.45) is 2.52. The molecule has 0 saturated carbocycles. The molecule has 1 amide bonds. The third kappa shape index (κ3) is 4.82. The lowest BCUT2D eigenvalue weighted by Crippen LogP contribution is -2.34. The number of carbonyl (C=O) groups excluding carboxylic acids is 1. The number of rotatable bonds is 6. The minimum Gasteiger partial charge on any atom is -0.389 e. The average Bonchev–Trinajstić information content (AvgIpc) is 3.23. The van der Waals surface area contributed by atoms with Gasteiger partial charge in [-0.1, -0.05) is 17.4 Å². The topological polar surface area (TPSA) is 118 Å². The van der Waals surface area contributed by atoms with E-state index < -0.39 is 17.5 Å². The Morgan fingerprint density at radius 3 is 2.70 bits per heavy atom. The maximum Gasteiger partial charge on any atom is 0.277 e. The van der Waals surface area contributed by atoms with E-state index in [-0.39, 0.29) is 21.3 Å². The first-order valence-corrected chi connectivity index (χ1v) is 11.4. The van der Waals surface area contributed by atoms with Crippen LogP contribution in [0, 0.1) is 11.6 Å². The van der Waals surface area contributed by atoms with Crippen LogP contribution in [0.15, 0.2) is 24.4 Å². The van der Waals surface area contributed by atoms with Crippen LogP contribution in [0.5, 0.6) is 0 Å². The van der Waals surface area contributed by atoms with Crippen molar-refractivity contribution in [3.63, 3.8) is 0 Å². The Morgan fingerprint density at radius 2 is 1.97 bits per heavy atom. The first kappa shape index (κ1) is 23.1. The van der Waals surface area contributed by atoms with Gasteiger partial charge in [0.05, 0.1) is 11.8 Å². The molecule has 12 heteroatoms. The molecule has 0 aliphatic carbocycles. The summed E-state index contributed by atoms with van der Waals surface area (Å²) < 4.78 is 30.0. The molecule has 1 aliphatic rings. The number of anilines is 3. The summed E-state index contributed by atoms with van der Waals surface area (Å²) in [5.41, 5.74) is 11.8. The number of thiazole rings is 1. The number of nitrogens with one attached hydrogen (secondary N) is 1. The van der Waals surface area contributed by atoms with Gasteiger partial charge in [0.15, 0.2) is 11.5 Å². The van der Waals surface area contributed by atoms with Crippen LogP contribution in [-0.2, 0) is 7.05 Å². The molecular formula is C21H26F2N8OS. The van der Waals surface area contributed by atoms with Crippen molar-refractivity contribution >= 4 is 33.8 Å². The van der Waals surface area contributed by atoms with Crippen molar-refractivity contribution in [2.45, 2.75) is 6.42 Å². The number of benzene rings is 1. The second-order valence-electron chi connectivity index (χ2n) is 7.76. The first-order chi connectivity index (χ1) is 15.9. The molecule has 1 aromatic carbocycles. The zero-order chi connectivity index (χ0) is 23.5. The molecule has 9 nitrogen and oxygen atoms in total. The lowest BCUT2D eigenvalue weighted by Gasteiger charge is -2.24. The van der Waals surface area contributed by atoms with E-state index in [0.29, 0.717) is 12.2 Å². The van der Waals surface area contributed by atoms with Gasteiger partial charge in [0.1, 0.15) is 27.3 Å². The molecule has 0 radical (unpaired) electrons. The highest BCUT2D eigenvalue weighted by Gasteiger charge is 2.25. The van der Waals surface area contributed by atoms with E-state index in [2.05, 4.69) is 25.2 Å². The van der Waals surface area contributed by atoms with E-state index in [0.717, 1.165) is 68.4 Å². The number of carbonyl (C=O) groups is 1. The van der Waals surface area contributed by atoms with Crippen molar-refractivity contribution in [2.24, 2.45) is 12.8 Å². The summed E-state index contributed by atoms with van der Waals surface area (Å²) in [5, 5.41) is 7.20. The van der Waals surface area contributed by atoms with Crippen LogP contribution in [0.4, 0.5) is 25.3 Å². The Hall–Kier alpha value is -3.09. The fraction of sp³-hybridized carbons (Fsp3) is 0.381. The number of nitrogens with two attached hydrogens (primary N) is 2. The number of amides is 1. The number of hydrogen-bond acceptors (Lipinski definition) is 8. The Kier molecular flexibility index (Phi) is 6.86. The van der Waals surface area contributed by atoms with E-state index in [1.165, 1.54) is 6.07 Å². The van der Waals surface area contributed by atoms with E-state index in [9.17, 15) is 13.6 Å². The SMILES string of the molecule is Cn1ncc(NC(=O)c2nc(-c3c(F)cccc3F)sc2N)c1N1CCCN(CCN)CC1. The number of aryl methyl sites for hydroxylation is 1. The van der Waals surface area contributed by atoms with Gasteiger partial charge in [0.25, 0.3) is 5.91 Å². The van der Waals surface area contributed by atoms with Crippen LogP contribution >= 0.6 is 11.3 Å². The number of hydrogen-bond donors (Lipinski definition) is 3. The van der Waals surface area contributed by atoms with E-state index in [1.807, 2.05) is 7.05 Å². The van der Waals surface area contributed by atoms with Crippen molar-refractivity contribution in [3.05, 3.63) is 41.7 Å². The summed E-state index contributed by atoms with van der Waals surface area (Å²) in [6, 6.07) is 3.53. The lowest BCUT2D eigenvalue weighted by molar-refractivity contribution is 0.102. The smallest absolute Gasteiger partial charge is 0.277 e. The number of nitrogens with zero attached hydrogens (tertiary/aromatic N) is 5.